The third kappa shape index (κ3) is 3.39. The average Bonchev–Trinajstić information content (AvgIpc) is 2.96. The topological polar surface area (TPSA) is 51.0 Å². The first-order valence-electron chi connectivity index (χ1n) is 6.50. The highest BCUT2D eigenvalue weighted by atomic mass is 32.2. The van der Waals surface area contributed by atoms with Gasteiger partial charge >= 0.3 is 0 Å². The van der Waals surface area contributed by atoms with Crippen LogP contribution in [0.2, 0.25) is 0 Å². The van der Waals surface area contributed by atoms with Crippen LogP contribution in [0.15, 0.2) is 36.9 Å². The zero-order valence-corrected chi connectivity index (χ0v) is 12.5. The van der Waals surface area contributed by atoms with Crippen molar-refractivity contribution in [3.05, 3.63) is 36.9 Å². The van der Waals surface area contributed by atoms with Gasteiger partial charge in [-0.1, -0.05) is 0 Å². The van der Waals surface area contributed by atoms with Gasteiger partial charge in [0.25, 0.3) is 0 Å². The van der Waals surface area contributed by atoms with Crippen molar-refractivity contribution >= 4 is 23.4 Å². The van der Waals surface area contributed by atoms with Crippen LogP contribution in [0.1, 0.15) is 13.3 Å². The predicted octanol–water partition coefficient (Wildman–Crippen LogP) is 2.37. The van der Waals surface area contributed by atoms with Crippen LogP contribution < -0.4 is 4.90 Å². The van der Waals surface area contributed by atoms with Crippen LogP contribution in [0.3, 0.4) is 0 Å². The Bertz CT molecular complexity index is 555. The van der Waals surface area contributed by atoms with Crippen LogP contribution in [-0.2, 0) is 4.79 Å². The number of aromatic nitrogens is 3. The normalized spacial score (nSPS) is 10.5. The van der Waals surface area contributed by atoms with Crippen LogP contribution >= 0.6 is 11.8 Å². The summed E-state index contributed by atoms with van der Waals surface area (Å²) in [5.41, 5.74) is 1.70. The van der Waals surface area contributed by atoms with E-state index in [4.69, 9.17) is 0 Å². The molecule has 0 fully saturated rings. The number of pyridine rings is 1. The molecule has 0 bridgehead atoms. The Balaban J connectivity index is 2.16. The summed E-state index contributed by atoms with van der Waals surface area (Å²) >= 11 is 1.68. The molecule has 6 heteroatoms. The van der Waals surface area contributed by atoms with Crippen LogP contribution in [0.4, 0.5) is 5.69 Å². The lowest BCUT2D eigenvalue weighted by molar-refractivity contribution is -0.118. The monoisotopic (exact) mass is 290 g/mol. The molecule has 0 aliphatic heterocycles. The summed E-state index contributed by atoms with van der Waals surface area (Å²) in [5.74, 6) is 0.971. The smallest absolute Gasteiger partial charge is 0.227 e. The van der Waals surface area contributed by atoms with E-state index in [1.165, 1.54) is 0 Å². The Kier molecular flexibility index (Phi) is 5.17. The molecule has 0 aliphatic carbocycles. The second-order valence-corrected chi connectivity index (χ2v) is 5.22. The van der Waals surface area contributed by atoms with Gasteiger partial charge < -0.3 is 4.90 Å². The molecule has 0 saturated heterocycles. The minimum absolute atomic E-state index is 0.132. The van der Waals surface area contributed by atoms with Gasteiger partial charge in [0.15, 0.2) is 0 Å². The van der Waals surface area contributed by atoms with Crippen molar-refractivity contribution < 1.29 is 4.79 Å². The zero-order valence-electron chi connectivity index (χ0n) is 11.7. The molecule has 0 aromatic carbocycles. The molecule has 0 N–H and O–H groups in total. The molecule has 0 spiro atoms. The van der Waals surface area contributed by atoms with Gasteiger partial charge in [-0.25, -0.2) is 4.68 Å². The molecule has 0 atom stereocenters. The Morgan fingerprint density at radius 2 is 2.30 bits per heavy atom. The van der Waals surface area contributed by atoms with Crippen LogP contribution in [0, 0.1) is 0 Å². The number of rotatable bonds is 6. The summed E-state index contributed by atoms with van der Waals surface area (Å²) in [4.78, 5) is 18.0. The Labute approximate surface area is 123 Å². The summed E-state index contributed by atoms with van der Waals surface area (Å²) < 4.78 is 1.73. The van der Waals surface area contributed by atoms with E-state index in [1.807, 2.05) is 31.5 Å². The number of hydrogen-bond acceptors (Lipinski definition) is 4. The average molecular weight is 290 g/mol. The second kappa shape index (κ2) is 7.09. The Morgan fingerprint density at radius 3 is 2.95 bits per heavy atom. The minimum Gasteiger partial charge on any atom is -0.310 e. The molecule has 0 radical (unpaired) electrons. The first-order valence-corrected chi connectivity index (χ1v) is 7.90. The molecule has 106 valence electrons. The van der Waals surface area contributed by atoms with Crippen molar-refractivity contribution in [2.24, 2.45) is 0 Å². The molecule has 2 aromatic rings. The molecule has 1 amide bonds. The van der Waals surface area contributed by atoms with E-state index in [0.29, 0.717) is 13.0 Å². The maximum Gasteiger partial charge on any atom is 0.227 e. The van der Waals surface area contributed by atoms with Gasteiger partial charge in [-0.05, 0) is 25.3 Å². The number of carbonyl (C=O) groups is 1. The van der Waals surface area contributed by atoms with Crippen molar-refractivity contribution in [2.75, 3.05) is 23.5 Å². The molecule has 0 aliphatic rings. The standard InChI is InChI=1S/C14H18N4OS/c1-3-17(14(19)6-8-20-2)13-10-16-18(11-13)12-5-4-7-15-9-12/h4-5,7,9-11H,3,6,8H2,1-2H3. The Hall–Kier alpha value is -1.82. The first kappa shape index (κ1) is 14.6. The fourth-order valence-corrected chi connectivity index (χ4v) is 2.29. The summed E-state index contributed by atoms with van der Waals surface area (Å²) in [5, 5.41) is 4.30. The van der Waals surface area contributed by atoms with E-state index in [1.54, 1.807) is 39.9 Å². The van der Waals surface area contributed by atoms with Crippen LogP contribution in [0.5, 0.6) is 0 Å². The van der Waals surface area contributed by atoms with Crippen molar-refractivity contribution in [1.82, 2.24) is 14.8 Å². The lowest BCUT2D eigenvalue weighted by atomic mass is 10.3. The van der Waals surface area contributed by atoms with Crippen molar-refractivity contribution in [3.8, 4) is 5.69 Å². The molecule has 0 saturated carbocycles. The van der Waals surface area contributed by atoms with Crippen LogP contribution in [-0.4, -0.2) is 39.2 Å². The number of carbonyl (C=O) groups excluding carboxylic acids is 1. The molecule has 20 heavy (non-hydrogen) atoms. The lowest BCUT2D eigenvalue weighted by Gasteiger charge is -2.18. The molecular weight excluding hydrogens is 272 g/mol. The fraction of sp³-hybridized carbons (Fsp3) is 0.357. The largest absolute Gasteiger partial charge is 0.310 e. The second-order valence-electron chi connectivity index (χ2n) is 4.24. The van der Waals surface area contributed by atoms with E-state index < -0.39 is 0 Å². The fourth-order valence-electron chi connectivity index (χ4n) is 1.91. The molecule has 2 heterocycles. The van der Waals surface area contributed by atoms with E-state index in [0.717, 1.165) is 17.1 Å². The summed E-state index contributed by atoms with van der Waals surface area (Å²) in [6, 6.07) is 3.79. The lowest BCUT2D eigenvalue weighted by Crippen LogP contribution is -2.30. The quantitative estimate of drug-likeness (QED) is 0.819. The SMILES string of the molecule is CCN(C(=O)CCSC)c1cnn(-c2cccnc2)c1. The number of hydrogen-bond donors (Lipinski definition) is 0. The van der Waals surface area contributed by atoms with Gasteiger partial charge in [0, 0.05) is 24.9 Å². The number of nitrogens with zero attached hydrogens (tertiary/aromatic N) is 4. The molecule has 2 rings (SSSR count). The number of anilines is 1. The van der Waals surface area contributed by atoms with Gasteiger partial charge in [-0.15, -0.1) is 0 Å². The van der Waals surface area contributed by atoms with Crippen molar-refractivity contribution in [1.29, 1.82) is 0 Å². The summed E-state index contributed by atoms with van der Waals surface area (Å²) in [7, 11) is 0. The predicted molar refractivity (Wildman–Crippen MR) is 82.4 cm³/mol. The highest BCUT2D eigenvalue weighted by Gasteiger charge is 2.15. The van der Waals surface area contributed by atoms with Gasteiger partial charge in [0.05, 0.1) is 30.0 Å². The first-order chi connectivity index (χ1) is 9.76. The zero-order chi connectivity index (χ0) is 14.4. The van der Waals surface area contributed by atoms with Gasteiger partial charge in [0.1, 0.15) is 0 Å². The maximum absolute atomic E-state index is 12.1. The van der Waals surface area contributed by atoms with Crippen molar-refractivity contribution in [3.63, 3.8) is 0 Å². The van der Waals surface area contributed by atoms with E-state index in [9.17, 15) is 4.79 Å². The molecule has 0 unspecified atom stereocenters. The summed E-state index contributed by atoms with van der Waals surface area (Å²) in [6.45, 7) is 2.62. The molecular formula is C14H18N4OS. The van der Waals surface area contributed by atoms with Gasteiger partial charge in [-0.2, -0.15) is 16.9 Å². The minimum atomic E-state index is 0.132. The van der Waals surface area contributed by atoms with Gasteiger partial charge in [0.2, 0.25) is 5.91 Å². The molecule has 5 nitrogen and oxygen atoms in total. The number of thioether (sulfide) groups is 1. The van der Waals surface area contributed by atoms with E-state index >= 15 is 0 Å². The van der Waals surface area contributed by atoms with Crippen molar-refractivity contribution in [2.45, 2.75) is 13.3 Å². The third-order valence-electron chi connectivity index (χ3n) is 2.93. The third-order valence-corrected chi connectivity index (χ3v) is 3.54. The summed E-state index contributed by atoms with van der Waals surface area (Å²) in [6.07, 6.45) is 9.59. The molecule has 2 aromatic heterocycles. The van der Waals surface area contributed by atoms with Gasteiger partial charge in [-0.3, -0.25) is 9.78 Å². The van der Waals surface area contributed by atoms with E-state index in [-0.39, 0.29) is 5.91 Å². The maximum atomic E-state index is 12.1. The Morgan fingerprint density at radius 1 is 1.45 bits per heavy atom. The van der Waals surface area contributed by atoms with E-state index in [2.05, 4.69) is 10.1 Å². The number of amides is 1. The van der Waals surface area contributed by atoms with Crippen LogP contribution in [0.25, 0.3) is 5.69 Å². The highest BCUT2D eigenvalue weighted by Crippen LogP contribution is 2.17. The highest BCUT2D eigenvalue weighted by molar-refractivity contribution is 7.98.